The molecular formula is C16H13FO2. The van der Waals surface area contributed by atoms with E-state index >= 15 is 0 Å². The van der Waals surface area contributed by atoms with Crippen LogP contribution in [-0.4, -0.2) is 5.11 Å². The minimum atomic E-state index is -1.09. The second kappa shape index (κ2) is 4.52. The first-order chi connectivity index (χ1) is 9.15. The van der Waals surface area contributed by atoms with Crippen molar-refractivity contribution in [3.8, 4) is 0 Å². The van der Waals surface area contributed by atoms with E-state index < -0.39 is 11.9 Å². The molecule has 1 atom stereocenters. The SMILES string of the molecule is Cc1ccc2oc(C(O)c3ccccc3F)cc2c1. The van der Waals surface area contributed by atoms with Crippen LogP contribution in [0.4, 0.5) is 4.39 Å². The minimum absolute atomic E-state index is 0.221. The molecule has 0 saturated heterocycles. The Morgan fingerprint density at radius 3 is 2.68 bits per heavy atom. The topological polar surface area (TPSA) is 33.4 Å². The number of hydrogen-bond donors (Lipinski definition) is 1. The van der Waals surface area contributed by atoms with Crippen LogP contribution >= 0.6 is 0 Å². The van der Waals surface area contributed by atoms with Crippen molar-refractivity contribution in [1.82, 2.24) is 0 Å². The van der Waals surface area contributed by atoms with Crippen LogP contribution in [0.25, 0.3) is 11.0 Å². The summed E-state index contributed by atoms with van der Waals surface area (Å²) in [6, 6.07) is 13.7. The van der Waals surface area contributed by atoms with Gasteiger partial charge in [-0.15, -0.1) is 0 Å². The molecule has 0 spiro atoms. The molecule has 1 unspecified atom stereocenters. The highest BCUT2D eigenvalue weighted by Gasteiger charge is 2.18. The van der Waals surface area contributed by atoms with Crippen LogP contribution in [0.3, 0.4) is 0 Å². The Bertz CT molecular complexity index is 730. The summed E-state index contributed by atoms with van der Waals surface area (Å²) in [6.07, 6.45) is -1.09. The second-order valence-corrected chi connectivity index (χ2v) is 4.61. The highest BCUT2D eigenvalue weighted by Crippen LogP contribution is 2.29. The third-order valence-electron chi connectivity index (χ3n) is 3.16. The fraction of sp³-hybridized carbons (Fsp3) is 0.125. The van der Waals surface area contributed by atoms with E-state index in [1.165, 1.54) is 6.07 Å². The molecular weight excluding hydrogens is 243 g/mol. The minimum Gasteiger partial charge on any atom is -0.458 e. The number of benzene rings is 2. The molecule has 1 aromatic heterocycles. The van der Waals surface area contributed by atoms with Gasteiger partial charge in [-0.1, -0.05) is 29.8 Å². The van der Waals surface area contributed by atoms with E-state index in [-0.39, 0.29) is 5.56 Å². The standard InChI is InChI=1S/C16H13FO2/c1-10-6-7-14-11(8-10)9-15(19-14)16(18)12-4-2-3-5-13(12)17/h2-9,16,18H,1H3. The summed E-state index contributed by atoms with van der Waals surface area (Å²) >= 11 is 0. The molecule has 3 heteroatoms. The summed E-state index contributed by atoms with van der Waals surface area (Å²) in [5, 5.41) is 11.1. The molecule has 0 aliphatic heterocycles. The van der Waals surface area contributed by atoms with E-state index in [9.17, 15) is 9.50 Å². The van der Waals surface area contributed by atoms with E-state index in [1.807, 2.05) is 25.1 Å². The summed E-state index contributed by atoms with van der Waals surface area (Å²) in [5.74, 6) is -0.0858. The Labute approximate surface area is 110 Å². The third kappa shape index (κ3) is 2.13. The largest absolute Gasteiger partial charge is 0.458 e. The summed E-state index contributed by atoms with van der Waals surface area (Å²) in [6.45, 7) is 1.99. The van der Waals surface area contributed by atoms with Gasteiger partial charge in [0.15, 0.2) is 0 Å². The molecule has 0 bridgehead atoms. The zero-order chi connectivity index (χ0) is 13.4. The first-order valence-electron chi connectivity index (χ1n) is 6.08. The van der Waals surface area contributed by atoms with Crippen LogP contribution in [0.1, 0.15) is 23.0 Å². The highest BCUT2D eigenvalue weighted by atomic mass is 19.1. The molecule has 2 nitrogen and oxygen atoms in total. The molecule has 0 saturated carbocycles. The van der Waals surface area contributed by atoms with Gasteiger partial charge in [-0.25, -0.2) is 4.39 Å². The van der Waals surface area contributed by atoms with E-state index in [4.69, 9.17) is 4.42 Å². The summed E-state index contributed by atoms with van der Waals surface area (Å²) < 4.78 is 19.2. The van der Waals surface area contributed by atoms with Gasteiger partial charge in [0.25, 0.3) is 0 Å². The van der Waals surface area contributed by atoms with Gasteiger partial charge in [0.1, 0.15) is 23.3 Å². The fourth-order valence-electron chi connectivity index (χ4n) is 2.17. The van der Waals surface area contributed by atoms with Crippen LogP contribution in [0, 0.1) is 12.7 Å². The number of halogens is 1. The van der Waals surface area contributed by atoms with Gasteiger partial charge in [0, 0.05) is 10.9 Å². The molecule has 19 heavy (non-hydrogen) atoms. The van der Waals surface area contributed by atoms with Gasteiger partial charge in [-0.05, 0) is 31.2 Å². The lowest BCUT2D eigenvalue weighted by atomic mass is 10.1. The first-order valence-corrected chi connectivity index (χ1v) is 6.08. The average Bonchev–Trinajstić information content (AvgIpc) is 2.81. The molecule has 96 valence electrons. The molecule has 0 aliphatic rings. The van der Waals surface area contributed by atoms with Crippen LogP contribution in [0.5, 0.6) is 0 Å². The van der Waals surface area contributed by atoms with E-state index in [2.05, 4.69) is 0 Å². The zero-order valence-electron chi connectivity index (χ0n) is 10.4. The molecule has 3 aromatic rings. The van der Waals surface area contributed by atoms with Gasteiger partial charge in [0.05, 0.1) is 0 Å². The Hall–Kier alpha value is -2.13. The number of aliphatic hydroxyl groups is 1. The normalized spacial score (nSPS) is 12.8. The summed E-state index contributed by atoms with van der Waals surface area (Å²) in [7, 11) is 0. The zero-order valence-corrected chi connectivity index (χ0v) is 10.4. The van der Waals surface area contributed by atoms with Gasteiger partial charge in [-0.2, -0.15) is 0 Å². The van der Waals surface area contributed by atoms with Crippen LogP contribution in [0.15, 0.2) is 52.9 Å². The van der Waals surface area contributed by atoms with Crippen LogP contribution in [-0.2, 0) is 0 Å². The predicted octanol–water partition coefficient (Wildman–Crippen LogP) is 3.96. The Kier molecular flexibility index (Phi) is 2.84. The predicted molar refractivity (Wildman–Crippen MR) is 71.4 cm³/mol. The second-order valence-electron chi connectivity index (χ2n) is 4.61. The average molecular weight is 256 g/mol. The number of aryl methyl sites for hydroxylation is 1. The van der Waals surface area contributed by atoms with Crippen molar-refractivity contribution < 1.29 is 13.9 Å². The molecule has 0 radical (unpaired) electrons. The Morgan fingerprint density at radius 2 is 1.89 bits per heavy atom. The maximum atomic E-state index is 13.6. The molecule has 2 aromatic carbocycles. The van der Waals surface area contributed by atoms with Gasteiger partial charge >= 0.3 is 0 Å². The number of hydrogen-bond acceptors (Lipinski definition) is 2. The molecule has 1 N–H and O–H groups in total. The van der Waals surface area contributed by atoms with Gasteiger partial charge in [-0.3, -0.25) is 0 Å². The molecule has 0 fully saturated rings. The number of rotatable bonds is 2. The molecule has 1 heterocycles. The monoisotopic (exact) mass is 256 g/mol. The van der Waals surface area contributed by atoms with Gasteiger partial charge < -0.3 is 9.52 Å². The quantitative estimate of drug-likeness (QED) is 0.752. The Morgan fingerprint density at radius 1 is 1.11 bits per heavy atom. The number of aliphatic hydroxyl groups excluding tert-OH is 1. The lowest BCUT2D eigenvalue weighted by Crippen LogP contribution is -2.00. The smallest absolute Gasteiger partial charge is 0.139 e. The van der Waals surface area contributed by atoms with Crippen molar-refractivity contribution in [2.24, 2.45) is 0 Å². The van der Waals surface area contributed by atoms with E-state index in [1.54, 1.807) is 24.3 Å². The summed E-state index contributed by atoms with van der Waals surface area (Å²) in [4.78, 5) is 0. The molecule has 0 aliphatic carbocycles. The number of fused-ring (bicyclic) bond motifs is 1. The first kappa shape index (κ1) is 11.9. The summed E-state index contributed by atoms with van der Waals surface area (Å²) in [5.41, 5.74) is 2.02. The highest BCUT2D eigenvalue weighted by molar-refractivity contribution is 5.78. The van der Waals surface area contributed by atoms with Crippen molar-refractivity contribution in [3.63, 3.8) is 0 Å². The van der Waals surface area contributed by atoms with Crippen molar-refractivity contribution in [2.75, 3.05) is 0 Å². The third-order valence-corrected chi connectivity index (χ3v) is 3.16. The molecule has 0 amide bonds. The van der Waals surface area contributed by atoms with Crippen molar-refractivity contribution in [2.45, 2.75) is 13.0 Å². The van der Waals surface area contributed by atoms with Crippen LogP contribution < -0.4 is 0 Å². The van der Waals surface area contributed by atoms with E-state index in [0.29, 0.717) is 11.3 Å². The molecule has 3 rings (SSSR count). The van der Waals surface area contributed by atoms with E-state index in [0.717, 1.165) is 10.9 Å². The lowest BCUT2D eigenvalue weighted by Gasteiger charge is -2.08. The van der Waals surface area contributed by atoms with Crippen LogP contribution in [0.2, 0.25) is 0 Å². The fourth-order valence-corrected chi connectivity index (χ4v) is 2.17. The van der Waals surface area contributed by atoms with Crippen molar-refractivity contribution in [1.29, 1.82) is 0 Å². The Balaban J connectivity index is 2.07. The van der Waals surface area contributed by atoms with Crippen molar-refractivity contribution >= 4 is 11.0 Å². The maximum Gasteiger partial charge on any atom is 0.139 e. The lowest BCUT2D eigenvalue weighted by molar-refractivity contribution is 0.187. The number of furan rings is 1. The van der Waals surface area contributed by atoms with Crippen molar-refractivity contribution in [3.05, 3.63) is 71.2 Å². The maximum absolute atomic E-state index is 13.6. The van der Waals surface area contributed by atoms with Gasteiger partial charge in [0.2, 0.25) is 0 Å².